The van der Waals surface area contributed by atoms with E-state index in [4.69, 9.17) is 4.74 Å². The Kier molecular flexibility index (Phi) is 4.87. The van der Waals surface area contributed by atoms with E-state index < -0.39 is 0 Å². The van der Waals surface area contributed by atoms with Gasteiger partial charge in [-0.15, -0.1) is 5.10 Å². The van der Waals surface area contributed by atoms with Crippen molar-refractivity contribution in [1.82, 2.24) is 34.9 Å². The third kappa shape index (κ3) is 3.43. The number of tetrazole rings is 1. The lowest BCUT2D eigenvalue weighted by molar-refractivity contribution is 0.118. The largest absolute Gasteiger partial charge is 0.497 e. The van der Waals surface area contributed by atoms with Gasteiger partial charge in [0.1, 0.15) is 5.75 Å². The topological polar surface area (TPSA) is 94.1 Å². The molecule has 1 N–H and O–H groups in total. The fourth-order valence-corrected chi connectivity index (χ4v) is 3.72. The molecule has 27 heavy (non-hydrogen) atoms. The third-order valence-electron chi connectivity index (χ3n) is 5.09. The Morgan fingerprint density at radius 1 is 1.22 bits per heavy atom. The number of aromatic nitrogens is 6. The molecule has 2 aromatic heterocycles. The molecular formula is C18H23N7O2. The van der Waals surface area contributed by atoms with E-state index in [1.54, 1.807) is 16.5 Å². The first-order valence-corrected chi connectivity index (χ1v) is 8.96. The summed E-state index contributed by atoms with van der Waals surface area (Å²) in [5.41, 5.74) is 1.98. The SMILES string of the molecule is COc1ccc(-n2nnnc2[C@@H]2CC[C@@H](CO)N2Cc2cnn(C)c2)cc1. The van der Waals surface area contributed by atoms with Crippen LogP contribution in [0, 0.1) is 0 Å². The Hall–Kier alpha value is -2.78. The van der Waals surface area contributed by atoms with Crippen LogP contribution >= 0.6 is 0 Å². The Morgan fingerprint density at radius 2 is 2.04 bits per heavy atom. The average Bonchev–Trinajstić information content (AvgIpc) is 3.41. The second-order valence-corrected chi connectivity index (χ2v) is 6.77. The highest BCUT2D eigenvalue weighted by molar-refractivity contribution is 5.37. The minimum Gasteiger partial charge on any atom is -0.497 e. The van der Waals surface area contributed by atoms with Gasteiger partial charge in [0.15, 0.2) is 5.82 Å². The van der Waals surface area contributed by atoms with Crippen molar-refractivity contribution >= 4 is 0 Å². The third-order valence-corrected chi connectivity index (χ3v) is 5.09. The van der Waals surface area contributed by atoms with E-state index in [2.05, 4.69) is 25.5 Å². The summed E-state index contributed by atoms with van der Waals surface area (Å²) in [4.78, 5) is 2.27. The summed E-state index contributed by atoms with van der Waals surface area (Å²) in [5.74, 6) is 1.56. The summed E-state index contributed by atoms with van der Waals surface area (Å²) in [5, 5.41) is 26.5. The van der Waals surface area contributed by atoms with Crippen molar-refractivity contribution in [1.29, 1.82) is 0 Å². The van der Waals surface area contributed by atoms with Crippen molar-refractivity contribution in [2.75, 3.05) is 13.7 Å². The van der Waals surface area contributed by atoms with Crippen LogP contribution in [0.4, 0.5) is 0 Å². The quantitative estimate of drug-likeness (QED) is 0.695. The van der Waals surface area contributed by atoms with Gasteiger partial charge in [0.25, 0.3) is 0 Å². The molecule has 4 rings (SSSR count). The zero-order valence-electron chi connectivity index (χ0n) is 15.4. The molecule has 0 unspecified atom stereocenters. The van der Waals surface area contributed by atoms with Crippen LogP contribution in [0.25, 0.3) is 5.69 Å². The number of hydrogen-bond acceptors (Lipinski definition) is 7. The molecule has 0 radical (unpaired) electrons. The normalized spacial score (nSPS) is 20.3. The molecule has 3 aromatic rings. The number of methoxy groups -OCH3 is 1. The standard InChI is InChI=1S/C18H23N7O2/c1-23-10-13(9-19-23)11-24-15(12-26)5-8-17(24)18-20-21-22-25(18)14-3-6-16(27-2)7-4-14/h3-4,6-7,9-10,15,17,26H,5,8,11-12H2,1-2H3/t15-,17-/m0/s1. The molecule has 9 nitrogen and oxygen atoms in total. The highest BCUT2D eigenvalue weighted by Crippen LogP contribution is 2.36. The first-order valence-electron chi connectivity index (χ1n) is 8.96. The Balaban J connectivity index is 1.64. The molecule has 2 atom stereocenters. The van der Waals surface area contributed by atoms with E-state index in [0.717, 1.165) is 35.7 Å². The molecule has 9 heteroatoms. The van der Waals surface area contributed by atoms with E-state index in [1.165, 1.54) is 0 Å². The van der Waals surface area contributed by atoms with E-state index in [0.29, 0.717) is 6.54 Å². The van der Waals surface area contributed by atoms with Crippen molar-refractivity contribution < 1.29 is 9.84 Å². The molecule has 1 aliphatic heterocycles. The number of rotatable bonds is 6. The fourth-order valence-electron chi connectivity index (χ4n) is 3.72. The summed E-state index contributed by atoms with van der Waals surface area (Å²) in [6, 6.07) is 7.75. The monoisotopic (exact) mass is 369 g/mol. The maximum absolute atomic E-state index is 9.84. The summed E-state index contributed by atoms with van der Waals surface area (Å²) in [6.07, 6.45) is 5.64. The fraction of sp³-hybridized carbons (Fsp3) is 0.444. The van der Waals surface area contributed by atoms with E-state index >= 15 is 0 Å². The summed E-state index contributed by atoms with van der Waals surface area (Å²) < 4.78 is 8.78. The van der Waals surface area contributed by atoms with Gasteiger partial charge >= 0.3 is 0 Å². The first kappa shape index (κ1) is 17.6. The van der Waals surface area contributed by atoms with E-state index in [1.807, 2.05) is 43.7 Å². The molecular weight excluding hydrogens is 346 g/mol. The van der Waals surface area contributed by atoms with Crippen molar-refractivity contribution in [3.8, 4) is 11.4 Å². The minimum atomic E-state index is 0.0273. The van der Waals surface area contributed by atoms with Crippen LogP contribution in [0.3, 0.4) is 0 Å². The minimum absolute atomic E-state index is 0.0273. The van der Waals surface area contributed by atoms with Crippen molar-refractivity contribution in [3.05, 3.63) is 48.0 Å². The van der Waals surface area contributed by atoms with Gasteiger partial charge in [-0.25, -0.2) is 0 Å². The van der Waals surface area contributed by atoms with Crippen molar-refractivity contribution in [3.63, 3.8) is 0 Å². The van der Waals surface area contributed by atoms with Gasteiger partial charge in [0.05, 0.1) is 31.6 Å². The molecule has 1 fully saturated rings. The maximum Gasteiger partial charge on any atom is 0.173 e. The molecule has 0 amide bonds. The lowest BCUT2D eigenvalue weighted by atomic mass is 10.2. The van der Waals surface area contributed by atoms with Crippen LogP contribution in [-0.2, 0) is 13.6 Å². The first-order chi connectivity index (χ1) is 13.2. The van der Waals surface area contributed by atoms with E-state index in [9.17, 15) is 5.11 Å². The van der Waals surface area contributed by atoms with Gasteiger partial charge in [0, 0.05) is 31.4 Å². The second kappa shape index (κ2) is 7.45. The molecule has 3 heterocycles. The number of nitrogens with zero attached hydrogens (tertiary/aromatic N) is 7. The lowest BCUT2D eigenvalue weighted by Gasteiger charge is -2.28. The van der Waals surface area contributed by atoms with Gasteiger partial charge < -0.3 is 9.84 Å². The number of aliphatic hydroxyl groups is 1. The molecule has 0 spiro atoms. The number of likely N-dealkylation sites (tertiary alicyclic amines) is 1. The number of benzene rings is 1. The van der Waals surface area contributed by atoms with Gasteiger partial charge in [-0.3, -0.25) is 9.58 Å². The predicted octanol–water partition coefficient (Wildman–Crippen LogP) is 1.10. The summed E-state index contributed by atoms with van der Waals surface area (Å²) >= 11 is 0. The van der Waals surface area contributed by atoms with Crippen LogP contribution in [0.1, 0.15) is 30.3 Å². The van der Waals surface area contributed by atoms with Crippen molar-refractivity contribution in [2.45, 2.75) is 31.5 Å². The van der Waals surface area contributed by atoms with E-state index in [-0.39, 0.29) is 18.7 Å². The second-order valence-electron chi connectivity index (χ2n) is 6.77. The highest BCUT2D eigenvalue weighted by Gasteiger charge is 2.37. The van der Waals surface area contributed by atoms with Gasteiger partial charge in [-0.2, -0.15) is 9.78 Å². The predicted molar refractivity (Wildman–Crippen MR) is 97.3 cm³/mol. The number of hydrogen-bond donors (Lipinski definition) is 1. The smallest absolute Gasteiger partial charge is 0.173 e. The summed E-state index contributed by atoms with van der Waals surface area (Å²) in [7, 11) is 3.54. The molecule has 0 aliphatic carbocycles. The van der Waals surface area contributed by atoms with Crippen LogP contribution in [0.15, 0.2) is 36.7 Å². The van der Waals surface area contributed by atoms with Crippen LogP contribution in [-0.4, -0.2) is 59.8 Å². The number of aryl methyl sites for hydroxylation is 1. The zero-order chi connectivity index (χ0) is 18.8. The molecule has 1 aromatic carbocycles. The maximum atomic E-state index is 9.84. The number of ether oxygens (including phenoxy) is 1. The Morgan fingerprint density at radius 3 is 2.70 bits per heavy atom. The van der Waals surface area contributed by atoms with Gasteiger partial charge in [0.2, 0.25) is 0 Å². The average molecular weight is 369 g/mol. The molecule has 1 aliphatic rings. The van der Waals surface area contributed by atoms with Crippen molar-refractivity contribution in [2.24, 2.45) is 7.05 Å². The highest BCUT2D eigenvalue weighted by atomic mass is 16.5. The molecule has 0 saturated carbocycles. The Bertz CT molecular complexity index is 889. The zero-order valence-corrected chi connectivity index (χ0v) is 15.4. The van der Waals surface area contributed by atoms with Crippen LogP contribution < -0.4 is 4.74 Å². The molecule has 1 saturated heterocycles. The Labute approximate surface area is 157 Å². The van der Waals surface area contributed by atoms with Crippen LogP contribution in [0.2, 0.25) is 0 Å². The number of aliphatic hydroxyl groups excluding tert-OH is 1. The van der Waals surface area contributed by atoms with Gasteiger partial charge in [-0.1, -0.05) is 0 Å². The molecule has 0 bridgehead atoms. The van der Waals surface area contributed by atoms with Gasteiger partial charge in [-0.05, 0) is 47.5 Å². The lowest BCUT2D eigenvalue weighted by Crippen LogP contribution is -2.34. The molecule has 142 valence electrons. The van der Waals surface area contributed by atoms with Crippen LogP contribution in [0.5, 0.6) is 5.75 Å². The summed E-state index contributed by atoms with van der Waals surface area (Å²) in [6.45, 7) is 0.806.